The summed E-state index contributed by atoms with van der Waals surface area (Å²) in [5, 5.41) is 8.60. The number of nitriles is 1. The minimum Gasteiger partial charge on any atom is -0.347 e. The Kier molecular flexibility index (Phi) is 2.93. The van der Waals surface area contributed by atoms with Crippen LogP contribution in [0.25, 0.3) is 0 Å². The van der Waals surface area contributed by atoms with Crippen molar-refractivity contribution < 1.29 is 0 Å². The number of hydrogen-bond donors (Lipinski definition) is 1. The fourth-order valence-electron chi connectivity index (χ4n) is 1.56. The summed E-state index contributed by atoms with van der Waals surface area (Å²) in [6.45, 7) is 1.97. The molecule has 4 heteroatoms. The zero-order chi connectivity index (χ0) is 11.5. The minimum atomic E-state index is -0.412. The van der Waals surface area contributed by atoms with Crippen LogP contribution >= 0.6 is 11.6 Å². The molecule has 80 valence electrons. The molecule has 2 aromatic rings. The van der Waals surface area contributed by atoms with Crippen LogP contribution in [0, 0.1) is 18.3 Å². The van der Waals surface area contributed by atoms with Crippen molar-refractivity contribution in [2.75, 3.05) is 0 Å². The van der Waals surface area contributed by atoms with E-state index in [4.69, 9.17) is 16.9 Å². The summed E-state index contributed by atoms with van der Waals surface area (Å²) in [5.74, 6) is 0.656. The van der Waals surface area contributed by atoms with Crippen molar-refractivity contribution in [2.45, 2.75) is 12.3 Å². The standard InChI is InChI=1S/C12H10ClN3/c1-8-2-3-9(7-14)10(6-8)11(13)12-15-4-5-16-12/h2-6,11H,1H3,(H,15,16). The Hall–Kier alpha value is -1.79. The molecule has 16 heavy (non-hydrogen) atoms. The van der Waals surface area contributed by atoms with Crippen LogP contribution in [0.1, 0.15) is 27.9 Å². The van der Waals surface area contributed by atoms with Gasteiger partial charge in [-0.15, -0.1) is 11.6 Å². The van der Waals surface area contributed by atoms with E-state index in [1.165, 1.54) is 0 Å². The molecule has 0 aliphatic carbocycles. The Labute approximate surface area is 98.7 Å². The highest BCUT2D eigenvalue weighted by molar-refractivity contribution is 6.22. The second-order valence-electron chi connectivity index (χ2n) is 3.54. The highest BCUT2D eigenvalue weighted by Crippen LogP contribution is 2.29. The third kappa shape index (κ3) is 1.93. The van der Waals surface area contributed by atoms with Gasteiger partial charge in [0.05, 0.1) is 11.6 Å². The lowest BCUT2D eigenvalue weighted by atomic mass is 10.0. The topological polar surface area (TPSA) is 52.5 Å². The number of aryl methyl sites for hydroxylation is 1. The molecule has 0 radical (unpaired) electrons. The van der Waals surface area contributed by atoms with E-state index >= 15 is 0 Å². The number of aromatic amines is 1. The number of H-pyrrole nitrogens is 1. The number of aromatic nitrogens is 2. The molecule has 0 amide bonds. The molecule has 1 N–H and O–H groups in total. The van der Waals surface area contributed by atoms with Gasteiger partial charge in [-0.05, 0) is 18.6 Å². The summed E-state index contributed by atoms with van der Waals surface area (Å²) >= 11 is 6.28. The number of nitrogens with one attached hydrogen (secondary N) is 1. The molecule has 1 unspecified atom stereocenters. The van der Waals surface area contributed by atoms with Gasteiger partial charge < -0.3 is 4.98 Å². The van der Waals surface area contributed by atoms with Crippen molar-refractivity contribution in [3.63, 3.8) is 0 Å². The number of benzene rings is 1. The molecule has 0 saturated carbocycles. The Morgan fingerprint density at radius 3 is 2.94 bits per heavy atom. The Bertz CT molecular complexity index is 526. The summed E-state index contributed by atoms with van der Waals surface area (Å²) in [6.07, 6.45) is 3.36. The van der Waals surface area contributed by atoms with Gasteiger partial charge in [0.1, 0.15) is 11.2 Å². The number of hydrogen-bond acceptors (Lipinski definition) is 2. The van der Waals surface area contributed by atoms with E-state index < -0.39 is 5.38 Å². The predicted molar refractivity (Wildman–Crippen MR) is 62.2 cm³/mol. The first kappa shape index (κ1) is 10.7. The van der Waals surface area contributed by atoms with E-state index in [1.807, 2.05) is 19.1 Å². The summed E-state index contributed by atoms with van der Waals surface area (Å²) in [6, 6.07) is 7.73. The van der Waals surface area contributed by atoms with Gasteiger partial charge in [0.2, 0.25) is 0 Å². The molecule has 2 rings (SSSR count). The molecule has 0 fully saturated rings. The van der Waals surface area contributed by atoms with Crippen LogP contribution in [0.3, 0.4) is 0 Å². The third-order valence-corrected chi connectivity index (χ3v) is 2.80. The Morgan fingerprint density at radius 1 is 1.50 bits per heavy atom. The van der Waals surface area contributed by atoms with Crippen LogP contribution in [-0.2, 0) is 0 Å². The molecule has 0 spiro atoms. The second kappa shape index (κ2) is 4.38. The number of alkyl halides is 1. The van der Waals surface area contributed by atoms with Gasteiger partial charge in [0.15, 0.2) is 0 Å². The summed E-state index contributed by atoms with van der Waals surface area (Å²) in [7, 11) is 0. The van der Waals surface area contributed by atoms with Crippen LogP contribution in [0.15, 0.2) is 30.6 Å². The summed E-state index contributed by atoms with van der Waals surface area (Å²) < 4.78 is 0. The number of imidazole rings is 1. The molecule has 3 nitrogen and oxygen atoms in total. The van der Waals surface area contributed by atoms with Gasteiger partial charge in [-0.2, -0.15) is 5.26 Å². The SMILES string of the molecule is Cc1ccc(C#N)c(C(Cl)c2ncc[nH]2)c1. The molecule has 1 aromatic carbocycles. The van der Waals surface area contributed by atoms with Gasteiger partial charge in [-0.3, -0.25) is 0 Å². The minimum absolute atomic E-state index is 0.412. The molecule has 0 saturated heterocycles. The van der Waals surface area contributed by atoms with Crippen molar-refractivity contribution in [3.8, 4) is 6.07 Å². The van der Waals surface area contributed by atoms with Crippen molar-refractivity contribution in [3.05, 3.63) is 53.1 Å². The zero-order valence-corrected chi connectivity index (χ0v) is 9.49. The average Bonchev–Trinajstić information content (AvgIpc) is 2.81. The Morgan fingerprint density at radius 2 is 2.31 bits per heavy atom. The number of halogens is 1. The highest BCUT2D eigenvalue weighted by Gasteiger charge is 2.16. The fraction of sp³-hybridized carbons (Fsp3) is 0.167. The first-order valence-electron chi connectivity index (χ1n) is 4.86. The lowest BCUT2D eigenvalue weighted by molar-refractivity contribution is 0.985. The highest BCUT2D eigenvalue weighted by atomic mass is 35.5. The maximum atomic E-state index is 9.02. The van der Waals surface area contributed by atoms with Gasteiger partial charge >= 0.3 is 0 Å². The molecule has 1 heterocycles. The lowest BCUT2D eigenvalue weighted by Crippen LogP contribution is -1.99. The average molecular weight is 232 g/mol. The molecule has 0 aliphatic heterocycles. The van der Waals surface area contributed by atoms with Crippen LogP contribution in [0.2, 0.25) is 0 Å². The molecule has 0 bridgehead atoms. The maximum Gasteiger partial charge on any atom is 0.128 e. The number of rotatable bonds is 2. The van der Waals surface area contributed by atoms with E-state index in [-0.39, 0.29) is 0 Å². The zero-order valence-electron chi connectivity index (χ0n) is 8.74. The van der Waals surface area contributed by atoms with E-state index in [2.05, 4.69) is 16.0 Å². The molecular formula is C12H10ClN3. The lowest BCUT2D eigenvalue weighted by Gasteiger charge is -2.09. The third-order valence-electron chi connectivity index (χ3n) is 2.36. The largest absolute Gasteiger partial charge is 0.347 e. The van der Waals surface area contributed by atoms with Crippen LogP contribution in [0.4, 0.5) is 0 Å². The van der Waals surface area contributed by atoms with Gasteiger partial charge in [0.25, 0.3) is 0 Å². The van der Waals surface area contributed by atoms with Crippen molar-refractivity contribution >= 4 is 11.6 Å². The summed E-state index contributed by atoms with van der Waals surface area (Å²) in [4.78, 5) is 7.05. The van der Waals surface area contributed by atoms with E-state index in [1.54, 1.807) is 18.5 Å². The van der Waals surface area contributed by atoms with E-state index in [0.717, 1.165) is 11.1 Å². The van der Waals surface area contributed by atoms with Gasteiger partial charge in [-0.1, -0.05) is 17.7 Å². The molecule has 0 aliphatic rings. The van der Waals surface area contributed by atoms with E-state index in [0.29, 0.717) is 11.4 Å². The Balaban J connectivity index is 2.47. The van der Waals surface area contributed by atoms with Gasteiger partial charge in [0, 0.05) is 12.4 Å². The van der Waals surface area contributed by atoms with Crippen LogP contribution in [0.5, 0.6) is 0 Å². The quantitative estimate of drug-likeness (QED) is 0.808. The summed E-state index contributed by atoms with van der Waals surface area (Å²) in [5.41, 5.74) is 2.45. The van der Waals surface area contributed by atoms with Crippen LogP contribution < -0.4 is 0 Å². The predicted octanol–water partition coefficient (Wildman–Crippen LogP) is 2.92. The fourth-order valence-corrected chi connectivity index (χ4v) is 1.86. The van der Waals surface area contributed by atoms with E-state index in [9.17, 15) is 0 Å². The molecule has 1 atom stereocenters. The second-order valence-corrected chi connectivity index (χ2v) is 3.98. The van der Waals surface area contributed by atoms with Crippen molar-refractivity contribution in [2.24, 2.45) is 0 Å². The normalized spacial score (nSPS) is 12.1. The first-order valence-corrected chi connectivity index (χ1v) is 5.30. The van der Waals surface area contributed by atoms with Crippen molar-refractivity contribution in [1.29, 1.82) is 5.26 Å². The maximum absolute atomic E-state index is 9.02. The first-order chi connectivity index (χ1) is 7.72. The number of nitrogens with zero attached hydrogens (tertiary/aromatic N) is 2. The van der Waals surface area contributed by atoms with Crippen molar-refractivity contribution in [1.82, 2.24) is 9.97 Å². The monoisotopic (exact) mass is 231 g/mol. The van der Waals surface area contributed by atoms with Gasteiger partial charge in [-0.25, -0.2) is 4.98 Å². The smallest absolute Gasteiger partial charge is 0.128 e. The van der Waals surface area contributed by atoms with Crippen LogP contribution in [-0.4, -0.2) is 9.97 Å². The molecule has 1 aromatic heterocycles. The molecular weight excluding hydrogens is 222 g/mol.